The van der Waals surface area contributed by atoms with Gasteiger partial charge in [0.1, 0.15) is 9.90 Å². The number of benzene rings is 1. The number of thiazole rings is 1. The first-order valence-corrected chi connectivity index (χ1v) is 7.51. The van der Waals surface area contributed by atoms with Crippen LogP contribution in [-0.2, 0) is 0 Å². The van der Waals surface area contributed by atoms with E-state index >= 15 is 0 Å². The second-order valence-corrected chi connectivity index (χ2v) is 6.37. The summed E-state index contributed by atoms with van der Waals surface area (Å²) >= 11 is 2.59. The lowest BCUT2D eigenvalue weighted by Crippen LogP contribution is -1.94. The van der Waals surface area contributed by atoms with Gasteiger partial charge in [0.05, 0.1) is 5.69 Å². The van der Waals surface area contributed by atoms with Gasteiger partial charge >= 0.3 is 5.97 Å². The van der Waals surface area contributed by atoms with E-state index in [0.717, 1.165) is 15.8 Å². The average Bonchev–Trinajstić information content (AvgIpc) is 2.80. The molecule has 2 aromatic heterocycles. The third-order valence-corrected chi connectivity index (χ3v) is 5.02. The van der Waals surface area contributed by atoms with Gasteiger partial charge in [-0.3, -0.25) is 0 Å². The van der Waals surface area contributed by atoms with Gasteiger partial charge in [-0.2, -0.15) is 0 Å². The Morgan fingerprint density at radius 2 is 2.10 bits per heavy atom. The van der Waals surface area contributed by atoms with E-state index in [0.29, 0.717) is 10.0 Å². The molecule has 0 amide bonds. The Hall–Kier alpha value is -1.92. The number of aromatic carboxylic acids is 1. The summed E-state index contributed by atoms with van der Waals surface area (Å²) in [4.78, 5) is 20.0. The van der Waals surface area contributed by atoms with E-state index in [2.05, 4.69) is 9.97 Å². The van der Waals surface area contributed by atoms with Crippen molar-refractivity contribution in [3.8, 4) is 0 Å². The SMILES string of the molecule is Cc1nc(Sc2nccc3ccccc23)sc1C(=O)O. The summed E-state index contributed by atoms with van der Waals surface area (Å²) in [6.07, 6.45) is 1.75. The van der Waals surface area contributed by atoms with Crippen molar-refractivity contribution < 1.29 is 9.90 Å². The van der Waals surface area contributed by atoms with Gasteiger partial charge in [-0.15, -0.1) is 0 Å². The average molecular weight is 302 g/mol. The number of rotatable bonds is 3. The quantitative estimate of drug-likeness (QED) is 0.796. The third kappa shape index (κ3) is 2.39. The maximum atomic E-state index is 11.0. The van der Waals surface area contributed by atoms with Crippen LogP contribution in [0.3, 0.4) is 0 Å². The molecule has 0 bridgehead atoms. The van der Waals surface area contributed by atoms with Crippen molar-refractivity contribution in [2.24, 2.45) is 0 Å². The van der Waals surface area contributed by atoms with Crippen LogP contribution >= 0.6 is 23.1 Å². The highest BCUT2D eigenvalue weighted by Crippen LogP contribution is 2.35. The second kappa shape index (κ2) is 5.22. The molecule has 0 aliphatic heterocycles. The summed E-state index contributed by atoms with van der Waals surface area (Å²) in [5, 5.41) is 12.1. The van der Waals surface area contributed by atoms with E-state index in [1.807, 2.05) is 30.3 Å². The zero-order valence-electron chi connectivity index (χ0n) is 10.5. The number of fused-ring (bicyclic) bond motifs is 1. The van der Waals surface area contributed by atoms with Crippen LogP contribution in [0.5, 0.6) is 0 Å². The summed E-state index contributed by atoms with van der Waals surface area (Å²) in [5.74, 6) is -0.933. The summed E-state index contributed by atoms with van der Waals surface area (Å²) < 4.78 is 0.698. The van der Waals surface area contributed by atoms with Crippen molar-refractivity contribution in [2.45, 2.75) is 16.3 Å². The number of hydrogen-bond acceptors (Lipinski definition) is 5. The van der Waals surface area contributed by atoms with Crippen LogP contribution in [0.2, 0.25) is 0 Å². The van der Waals surface area contributed by atoms with Crippen molar-refractivity contribution in [3.63, 3.8) is 0 Å². The van der Waals surface area contributed by atoms with Crippen molar-refractivity contribution in [2.75, 3.05) is 0 Å². The van der Waals surface area contributed by atoms with E-state index in [4.69, 9.17) is 5.11 Å². The smallest absolute Gasteiger partial charge is 0.347 e. The topological polar surface area (TPSA) is 63.1 Å². The van der Waals surface area contributed by atoms with E-state index in [1.165, 1.54) is 23.1 Å². The van der Waals surface area contributed by atoms with Gasteiger partial charge in [-0.1, -0.05) is 35.6 Å². The lowest BCUT2D eigenvalue weighted by molar-refractivity contribution is 0.0701. The normalized spacial score (nSPS) is 10.8. The van der Waals surface area contributed by atoms with Crippen molar-refractivity contribution in [1.29, 1.82) is 0 Å². The number of pyridine rings is 1. The van der Waals surface area contributed by atoms with Gasteiger partial charge < -0.3 is 5.11 Å². The van der Waals surface area contributed by atoms with Crippen LogP contribution in [0.25, 0.3) is 10.8 Å². The molecule has 1 aromatic carbocycles. The number of carboxylic acids is 1. The highest BCUT2D eigenvalue weighted by Gasteiger charge is 2.15. The van der Waals surface area contributed by atoms with Crippen molar-refractivity contribution >= 4 is 39.8 Å². The molecule has 6 heteroatoms. The Kier molecular flexibility index (Phi) is 3.42. The zero-order chi connectivity index (χ0) is 14.1. The zero-order valence-corrected chi connectivity index (χ0v) is 12.2. The number of aryl methyl sites for hydroxylation is 1. The van der Waals surface area contributed by atoms with E-state index in [1.54, 1.807) is 13.1 Å². The van der Waals surface area contributed by atoms with Crippen molar-refractivity contribution in [3.05, 3.63) is 47.1 Å². The van der Waals surface area contributed by atoms with Crippen molar-refractivity contribution in [1.82, 2.24) is 9.97 Å². The molecular weight excluding hydrogens is 292 g/mol. The number of hydrogen-bond donors (Lipinski definition) is 1. The molecule has 4 nitrogen and oxygen atoms in total. The predicted octanol–water partition coefficient (Wildman–Crippen LogP) is 3.85. The first-order valence-electron chi connectivity index (χ1n) is 5.87. The molecule has 0 saturated heterocycles. The molecule has 0 fully saturated rings. The number of carbonyl (C=O) groups is 1. The molecule has 0 aliphatic rings. The Labute approximate surface area is 123 Å². The lowest BCUT2D eigenvalue weighted by Gasteiger charge is -2.02. The minimum absolute atomic E-state index is 0.285. The minimum atomic E-state index is -0.933. The predicted molar refractivity (Wildman–Crippen MR) is 79.7 cm³/mol. The number of nitrogens with zero attached hydrogens (tertiary/aromatic N) is 2. The number of aromatic nitrogens is 2. The van der Waals surface area contributed by atoms with E-state index in [9.17, 15) is 4.79 Å². The third-order valence-electron chi connectivity index (χ3n) is 2.79. The molecule has 0 aliphatic carbocycles. The molecule has 1 N–H and O–H groups in total. The van der Waals surface area contributed by atoms with Gasteiger partial charge in [0, 0.05) is 11.6 Å². The largest absolute Gasteiger partial charge is 0.477 e. The van der Waals surface area contributed by atoms with E-state index < -0.39 is 5.97 Å². The molecule has 0 spiro atoms. The molecule has 3 aromatic rings. The molecule has 0 atom stereocenters. The van der Waals surface area contributed by atoms with Crippen LogP contribution < -0.4 is 0 Å². The summed E-state index contributed by atoms with van der Waals surface area (Å²) in [5.41, 5.74) is 0.547. The maximum absolute atomic E-state index is 11.0. The Morgan fingerprint density at radius 1 is 1.30 bits per heavy atom. The second-order valence-electron chi connectivity index (χ2n) is 4.14. The summed E-state index contributed by atoms with van der Waals surface area (Å²) in [6, 6.07) is 9.92. The lowest BCUT2D eigenvalue weighted by atomic mass is 10.2. The fourth-order valence-electron chi connectivity index (χ4n) is 1.87. The summed E-state index contributed by atoms with van der Waals surface area (Å²) in [6.45, 7) is 1.71. The molecule has 100 valence electrons. The first kappa shape index (κ1) is 13.1. The molecule has 2 heterocycles. The molecule has 3 rings (SSSR count). The van der Waals surface area contributed by atoms with Gasteiger partial charge in [-0.25, -0.2) is 14.8 Å². The monoisotopic (exact) mass is 302 g/mol. The Morgan fingerprint density at radius 3 is 2.85 bits per heavy atom. The minimum Gasteiger partial charge on any atom is -0.477 e. The standard InChI is InChI=1S/C14H10N2O2S2/c1-8-11(13(17)18)19-14(16-8)20-12-10-5-3-2-4-9(10)6-7-15-12/h2-7H,1H3,(H,17,18). The van der Waals surface area contributed by atoms with Gasteiger partial charge in [0.15, 0.2) is 4.34 Å². The maximum Gasteiger partial charge on any atom is 0.347 e. The number of carboxylic acid groups (broad SMARTS) is 1. The van der Waals surface area contributed by atoms with Gasteiger partial charge in [0.25, 0.3) is 0 Å². The van der Waals surface area contributed by atoms with Crippen LogP contribution in [0.1, 0.15) is 15.4 Å². The summed E-state index contributed by atoms with van der Waals surface area (Å²) in [7, 11) is 0. The highest BCUT2D eigenvalue weighted by atomic mass is 32.2. The van der Waals surface area contributed by atoms with Crippen LogP contribution in [0, 0.1) is 6.92 Å². The fraction of sp³-hybridized carbons (Fsp3) is 0.0714. The molecule has 20 heavy (non-hydrogen) atoms. The Bertz CT molecular complexity index is 793. The highest BCUT2D eigenvalue weighted by molar-refractivity contribution is 8.01. The molecule has 0 unspecified atom stereocenters. The molecular formula is C14H10N2O2S2. The first-order chi connectivity index (χ1) is 9.65. The van der Waals surface area contributed by atoms with E-state index in [-0.39, 0.29) is 4.88 Å². The van der Waals surface area contributed by atoms with Gasteiger partial charge in [-0.05, 0) is 30.1 Å². The molecule has 0 saturated carbocycles. The van der Waals surface area contributed by atoms with Gasteiger partial charge in [0.2, 0.25) is 0 Å². The van der Waals surface area contributed by atoms with Crippen LogP contribution in [0.4, 0.5) is 0 Å². The Balaban J connectivity index is 2.01. The van der Waals surface area contributed by atoms with Crippen LogP contribution in [0.15, 0.2) is 45.9 Å². The fourth-order valence-corrected chi connectivity index (χ4v) is 3.92. The molecule has 0 radical (unpaired) electrons. The van der Waals surface area contributed by atoms with Crippen LogP contribution in [-0.4, -0.2) is 21.0 Å².